The van der Waals surface area contributed by atoms with Crippen LogP contribution in [0.15, 0.2) is 18.2 Å². The third kappa shape index (κ3) is 3.39. The molecule has 4 nitrogen and oxygen atoms in total. The van der Waals surface area contributed by atoms with Gasteiger partial charge in [0.05, 0.1) is 20.3 Å². The van der Waals surface area contributed by atoms with Gasteiger partial charge in [-0.15, -0.1) is 0 Å². The Bertz CT molecular complexity index is 418. The quantitative estimate of drug-likeness (QED) is 0.821. The molecule has 1 aromatic rings. The smallest absolute Gasteiger partial charge is 0.124 e. The van der Waals surface area contributed by atoms with Crippen LogP contribution in [0, 0.1) is 0 Å². The molecule has 1 aliphatic rings. The summed E-state index contributed by atoms with van der Waals surface area (Å²) in [6.07, 6.45) is 1.94. The minimum atomic E-state index is -0.550. The van der Waals surface area contributed by atoms with Gasteiger partial charge in [0.2, 0.25) is 0 Å². The van der Waals surface area contributed by atoms with E-state index in [4.69, 9.17) is 9.47 Å². The number of ether oxygens (including phenoxy) is 2. The topological polar surface area (TPSA) is 41.9 Å². The van der Waals surface area contributed by atoms with E-state index in [2.05, 4.69) is 11.8 Å². The van der Waals surface area contributed by atoms with Crippen molar-refractivity contribution in [3.05, 3.63) is 23.8 Å². The van der Waals surface area contributed by atoms with E-state index in [1.54, 1.807) is 14.2 Å². The summed E-state index contributed by atoms with van der Waals surface area (Å²) in [7, 11) is 3.25. The number of rotatable bonds is 7. The van der Waals surface area contributed by atoms with Gasteiger partial charge in [-0.2, -0.15) is 0 Å². The lowest BCUT2D eigenvalue weighted by molar-refractivity contribution is 0.109. The molecule has 1 aromatic carbocycles. The van der Waals surface area contributed by atoms with Crippen LogP contribution in [0.3, 0.4) is 0 Å². The van der Waals surface area contributed by atoms with E-state index in [0.717, 1.165) is 17.9 Å². The highest BCUT2D eigenvalue weighted by molar-refractivity contribution is 5.41. The Kier molecular flexibility index (Phi) is 4.66. The van der Waals surface area contributed by atoms with E-state index in [9.17, 15) is 5.11 Å². The van der Waals surface area contributed by atoms with Gasteiger partial charge in [-0.25, -0.2) is 0 Å². The van der Waals surface area contributed by atoms with Gasteiger partial charge in [0.25, 0.3) is 0 Å². The fourth-order valence-corrected chi connectivity index (χ4v) is 2.40. The number of aliphatic hydroxyl groups excluding tert-OH is 1. The highest BCUT2D eigenvalue weighted by atomic mass is 16.5. The minimum absolute atomic E-state index is 0.550. The molecule has 0 aliphatic heterocycles. The highest BCUT2D eigenvalue weighted by Gasteiger charge is 2.30. The number of methoxy groups -OCH3 is 2. The average Bonchev–Trinajstić information content (AvgIpc) is 3.28. The molecule has 106 valence electrons. The zero-order valence-electron chi connectivity index (χ0n) is 11.9. The maximum atomic E-state index is 10.5. The molecule has 19 heavy (non-hydrogen) atoms. The maximum Gasteiger partial charge on any atom is 0.124 e. The molecule has 1 aliphatic carbocycles. The summed E-state index contributed by atoms with van der Waals surface area (Å²) < 4.78 is 10.5. The van der Waals surface area contributed by atoms with Crippen LogP contribution in [-0.4, -0.2) is 43.4 Å². The third-order valence-corrected chi connectivity index (χ3v) is 3.67. The lowest BCUT2D eigenvalue weighted by atomic mass is 10.1. The largest absolute Gasteiger partial charge is 0.497 e. The predicted octanol–water partition coefficient (Wildman–Crippen LogP) is 2.22. The van der Waals surface area contributed by atoms with E-state index in [-0.39, 0.29) is 0 Å². The summed E-state index contributed by atoms with van der Waals surface area (Å²) >= 11 is 0. The van der Waals surface area contributed by atoms with Crippen LogP contribution in [0.1, 0.15) is 31.4 Å². The van der Waals surface area contributed by atoms with Crippen LogP contribution >= 0.6 is 0 Å². The van der Waals surface area contributed by atoms with Crippen LogP contribution in [0.25, 0.3) is 0 Å². The normalized spacial score (nSPS) is 16.5. The van der Waals surface area contributed by atoms with Crippen molar-refractivity contribution in [1.82, 2.24) is 4.90 Å². The van der Waals surface area contributed by atoms with Crippen molar-refractivity contribution < 1.29 is 14.6 Å². The van der Waals surface area contributed by atoms with Crippen LogP contribution in [0.2, 0.25) is 0 Å². The van der Waals surface area contributed by atoms with E-state index in [1.807, 2.05) is 18.2 Å². The molecule has 0 amide bonds. The van der Waals surface area contributed by atoms with Crippen LogP contribution < -0.4 is 9.47 Å². The molecule has 1 N–H and O–H groups in total. The Morgan fingerprint density at radius 3 is 2.58 bits per heavy atom. The monoisotopic (exact) mass is 265 g/mol. The third-order valence-electron chi connectivity index (χ3n) is 3.67. The molecule has 0 saturated heterocycles. The number of likely N-dealkylation sites (N-methyl/N-ethyl adjacent to an activating group) is 1. The van der Waals surface area contributed by atoms with Crippen molar-refractivity contribution in [2.75, 3.05) is 27.3 Å². The summed E-state index contributed by atoms with van der Waals surface area (Å²) in [6.45, 7) is 3.74. The molecule has 0 spiro atoms. The van der Waals surface area contributed by atoms with Crippen molar-refractivity contribution in [3.63, 3.8) is 0 Å². The molecular formula is C15H23NO3. The molecule has 0 heterocycles. The van der Waals surface area contributed by atoms with Gasteiger partial charge in [-0.1, -0.05) is 6.92 Å². The first-order valence-electron chi connectivity index (χ1n) is 6.83. The van der Waals surface area contributed by atoms with Crippen molar-refractivity contribution in [3.8, 4) is 11.5 Å². The Morgan fingerprint density at radius 1 is 1.32 bits per heavy atom. The second-order valence-corrected chi connectivity index (χ2v) is 4.94. The highest BCUT2D eigenvalue weighted by Crippen LogP contribution is 2.32. The number of benzene rings is 1. The first-order chi connectivity index (χ1) is 9.19. The lowest BCUT2D eigenvalue weighted by Gasteiger charge is -2.24. The Morgan fingerprint density at radius 2 is 2.05 bits per heavy atom. The fourth-order valence-electron chi connectivity index (χ4n) is 2.40. The molecule has 1 atom stereocenters. The van der Waals surface area contributed by atoms with E-state index < -0.39 is 6.10 Å². The standard InChI is InChI=1S/C15H23NO3/c1-4-16(11-5-6-11)10-14(17)13-9-12(18-2)7-8-15(13)19-3/h7-9,11,14,17H,4-6,10H2,1-3H3. The SMILES string of the molecule is CCN(CC(O)c1cc(OC)ccc1OC)C1CC1. The van der Waals surface area contributed by atoms with Crippen molar-refractivity contribution in [2.45, 2.75) is 31.9 Å². The molecule has 2 rings (SSSR count). The van der Waals surface area contributed by atoms with E-state index >= 15 is 0 Å². The van der Waals surface area contributed by atoms with Crippen LogP contribution in [-0.2, 0) is 0 Å². The number of hydrogen-bond donors (Lipinski definition) is 1. The van der Waals surface area contributed by atoms with Gasteiger partial charge in [-0.05, 0) is 37.6 Å². The number of hydrogen-bond acceptors (Lipinski definition) is 4. The molecular weight excluding hydrogens is 242 g/mol. The zero-order chi connectivity index (χ0) is 13.8. The van der Waals surface area contributed by atoms with Gasteiger partial charge in [0.15, 0.2) is 0 Å². The first kappa shape index (κ1) is 14.2. The van der Waals surface area contributed by atoms with Crippen LogP contribution in [0.4, 0.5) is 0 Å². The predicted molar refractivity (Wildman–Crippen MR) is 74.8 cm³/mol. The van der Waals surface area contributed by atoms with Gasteiger partial charge in [0.1, 0.15) is 11.5 Å². The summed E-state index contributed by atoms with van der Waals surface area (Å²) in [4.78, 5) is 2.32. The minimum Gasteiger partial charge on any atom is -0.497 e. The van der Waals surface area contributed by atoms with Gasteiger partial charge in [0, 0.05) is 18.2 Å². The van der Waals surface area contributed by atoms with E-state index in [0.29, 0.717) is 18.3 Å². The molecule has 0 bridgehead atoms. The van der Waals surface area contributed by atoms with Gasteiger partial charge in [-0.3, -0.25) is 4.90 Å². The van der Waals surface area contributed by atoms with Crippen LogP contribution in [0.5, 0.6) is 11.5 Å². The molecule has 1 fully saturated rings. The van der Waals surface area contributed by atoms with Crippen molar-refractivity contribution >= 4 is 0 Å². The first-order valence-corrected chi connectivity index (χ1v) is 6.83. The maximum absolute atomic E-state index is 10.5. The molecule has 0 radical (unpaired) electrons. The number of nitrogens with zero attached hydrogens (tertiary/aromatic N) is 1. The zero-order valence-corrected chi connectivity index (χ0v) is 11.9. The molecule has 1 saturated carbocycles. The molecule has 1 unspecified atom stereocenters. The van der Waals surface area contributed by atoms with Gasteiger partial charge >= 0.3 is 0 Å². The van der Waals surface area contributed by atoms with E-state index in [1.165, 1.54) is 12.8 Å². The average molecular weight is 265 g/mol. The summed E-state index contributed by atoms with van der Waals surface area (Å²) in [5, 5.41) is 10.5. The lowest BCUT2D eigenvalue weighted by Crippen LogP contribution is -2.30. The Labute approximate surface area is 114 Å². The summed E-state index contributed by atoms with van der Waals surface area (Å²) in [5.41, 5.74) is 0.793. The second-order valence-electron chi connectivity index (χ2n) is 4.94. The van der Waals surface area contributed by atoms with Gasteiger partial charge < -0.3 is 14.6 Å². The molecule has 4 heteroatoms. The van der Waals surface area contributed by atoms with Crippen molar-refractivity contribution in [1.29, 1.82) is 0 Å². The second kappa shape index (κ2) is 6.26. The van der Waals surface area contributed by atoms with Crippen molar-refractivity contribution in [2.24, 2.45) is 0 Å². The Hall–Kier alpha value is -1.26. The summed E-state index contributed by atoms with van der Waals surface area (Å²) in [5.74, 6) is 1.45. The number of aliphatic hydroxyl groups is 1. The summed E-state index contributed by atoms with van der Waals surface area (Å²) in [6, 6.07) is 6.18. The Balaban J connectivity index is 2.13. The fraction of sp³-hybridized carbons (Fsp3) is 0.600. The molecule has 0 aromatic heterocycles.